The van der Waals surface area contributed by atoms with Gasteiger partial charge in [0.05, 0.1) is 16.7 Å². The Labute approximate surface area is 130 Å². The Morgan fingerprint density at radius 2 is 1.96 bits per heavy atom. The summed E-state index contributed by atoms with van der Waals surface area (Å²) in [6.45, 7) is 0. The Kier molecular flexibility index (Phi) is 5.00. The van der Waals surface area contributed by atoms with Crippen LogP contribution < -0.4 is 10.5 Å². The van der Waals surface area contributed by atoms with Gasteiger partial charge in [-0.05, 0) is 5.56 Å². The van der Waals surface area contributed by atoms with Gasteiger partial charge in [0.2, 0.25) is 0 Å². The molecule has 0 fully saturated rings. The molecule has 0 heterocycles. The topological polar surface area (TPSA) is 128 Å². The number of nitro groups is 1. The number of carbonyl (C=O) groups excluding carboxylic acids is 1. The molecule has 8 nitrogen and oxygen atoms in total. The van der Waals surface area contributed by atoms with Gasteiger partial charge >= 0.3 is 0 Å². The number of benzene rings is 2. The fraction of sp³-hybridized carbons (Fsp3) is 0.0667. The molecule has 8 heteroatoms. The Morgan fingerprint density at radius 3 is 2.61 bits per heavy atom. The summed E-state index contributed by atoms with van der Waals surface area (Å²) in [6, 6.07) is 11.4. The molecule has 0 bridgehead atoms. The Bertz CT molecular complexity index is 746. The van der Waals surface area contributed by atoms with Crippen molar-refractivity contribution in [1.82, 2.24) is 5.43 Å². The van der Waals surface area contributed by atoms with Crippen molar-refractivity contribution in [3.8, 4) is 5.75 Å². The summed E-state index contributed by atoms with van der Waals surface area (Å²) < 4.78 is 0. The molecule has 2 aromatic carbocycles. The van der Waals surface area contributed by atoms with Gasteiger partial charge in [-0.1, -0.05) is 42.5 Å². The highest BCUT2D eigenvalue weighted by atomic mass is 16.6. The van der Waals surface area contributed by atoms with Crippen LogP contribution in [0.15, 0.2) is 53.6 Å². The SMILES string of the molecule is O=C(N/N=C\c1cc([O-])ccc1[N+](=O)[O-])[C@H](O)c1ccccc1. The molecule has 0 aliphatic heterocycles. The van der Waals surface area contributed by atoms with Crippen LogP contribution >= 0.6 is 0 Å². The fourth-order valence-corrected chi connectivity index (χ4v) is 1.82. The predicted molar refractivity (Wildman–Crippen MR) is 79.7 cm³/mol. The lowest BCUT2D eigenvalue weighted by atomic mass is 10.1. The molecule has 0 spiro atoms. The summed E-state index contributed by atoms with van der Waals surface area (Å²) in [4.78, 5) is 21.9. The van der Waals surface area contributed by atoms with Gasteiger partial charge in [0, 0.05) is 6.07 Å². The fourth-order valence-electron chi connectivity index (χ4n) is 1.82. The normalized spacial score (nSPS) is 12.0. The zero-order chi connectivity index (χ0) is 16.8. The summed E-state index contributed by atoms with van der Waals surface area (Å²) in [5, 5.41) is 35.5. The molecular formula is C15H12N3O5-. The van der Waals surface area contributed by atoms with E-state index < -0.39 is 22.7 Å². The van der Waals surface area contributed by atoms with Crippen LogP contribution in [0.4, 0.5) is 5.69 Å². The van der Waals surface area contributed by atoms with Crippen molar-refractivity contribution in [3.05, 3.63) is 69.8 Å². The second kappa shape index (κ2) is 7.14. The standard InChI is InChI=1S/C15H13N3O5/c19-12-6-7-13(18(22)23)11(8-12)9-16-17-15(21)14(20)10-4-2-1-3-5-10/h1-9,14,19-20H,(H,17,21)/p-1/b16-9-/t14-/m1/s1. The van der Waals surface area contributed by atoms with E-state index in [9.17, 15) is 25.1 Å². The predicted octanol–water partition coefficient (Wildman–Crippen LogP) is 0.852. The van der Waals surface area contributed by atoms with Crippen molar-refractivity contribution in [2.45, 2.75) is 6.10 Å². The number of carbonyl (C=O) groups is 1. The third kappa shape index (κ3) is 4.11. The van der Waals surface area contributed by atoms with Gasteiger partial charge in [-0.2, -0.15) is 5.10 Å². The van der Waals surface area contributed by atoms with Crippen LogP contribution in [0.5, 0.6) is 5.75 Å². The highest BCUT2D eigenvalue weighted by molar-refractivity contribution is 5.88. The lowest BCUT2D eigenvalue weighted by molar-refractivity contribution is -0.385. The molecule has 0 aliphatic rings. The van der Waals surface area contributed by atoms with E-state index in [1.165, 1.54) is 0 Å². The molecule has 1 amide bonds. The number of rotatable bonds is 5. The van der Waals surface area contributed by atoms with Gasteiger partial charge in [0.1, 0.15) is 0 Å². The first-order chi connectivity index (χ1) is 11.0. The van der Waals surface area contributed by atoms with E-state index in [2.05, 4.69) is 10.5 Å². The highest BCUT2D eigenvalue weighted by Crippen LogP contribution is 2.20. The quantitative estimate of drug-likeness (QED) is 0.480. The molecule has 0 saturated heterocycles. The number of hydrogen-bond acceptors (Lipinski definition) is 6. The molecule has 2 N–H and O–H groups in total. The number of hydrogen-bond donors (Lipinski definition) is 2. The second-order valence-electron chi connectivity index (χ2n) is 4.53. The largest absolute Gasteiger partial charge is 0.872 e. The average Bonchev–Trinajstić information content (AvgIpc) is 2.54. The number of aliphatic hydroxyl groups excluding tert-OH is 1. The first kappa shape index (κ1) is 16.1. The maximum atomic E-state index is 11.7. The number of amides is 1. The molecule has 2 aromatic rings. The maximum Gasteiger partial charge on any atom is 0.278 e. The molecule has 0 unspecified atom stereocenters. The molecule has 0 aliphatic carbocycles. The van der Waals surface area contributed by atoms with Crippen LogP contribution in [0.3, 0.4) is 0 Å². The number of nitrogens with zero attached hydrogens (tertiary/aromatic N) is 2. The van der Waals surface area contributed by atoms with Crippen LogP contribution in [0.25, 0.3) is 0 Å². The lowest BCUT2D eigenvalue weighted by Crippen LogP contribution is -2.25. The van der Waals surface area contributed by atoms with Crippen molar-refractivity contribution < 1.29 is 19.9 Å². The Balaban J connectivity index is 2.09. The molecular weight excluding hydrogens is 302 g/mol. The van der Waals surface area contributed by atoms with Crippen LogP contribution in [-0.2, 0) is 4.79 Å². The number of nitro benzene ring substituents is 1. The third-order valence-electron chi connectivity index (χ3n) is 2.94. The minimum atomic E-state index is -1.42. The van der Waals surface area contributed by atoms with Gasteiger partial charge in [-0.15, -0.1) is 5.75 Å². The van der Waals surface area contributed by atoms with Gasteiger partial charge in [0.15, 0.2) is 6.10 Å². The maximum absolute atomic E-state index is 11.7. The van der Waals surface area contributed by atoms with Crippen LogP contribution in [0.2, 0.25) is 0 Å². The molecule has 118 valence electrons. The van der Waals surface area contributed by atoms with E-state index in [0.29, 0.717) is 5.56 Å². The first-order valence-electron chi connectivity index (χ1n) is 6.50. The van der Waals surface area contributed by atoms with Crippen LogP contribution in [0, 0.1) is 10.1 Å². The van der Waals surface area contributed by atoms with Crippen molar-refractivity contribution in [1.29, 1.82) is 0 Å². The average molecular weight is 314 g/mol. The van der Waals surface area contributed by atoms with E-state index in [4.69, 9.17) is 0 Å². The van der Waals surface area contributed by atoms with Crippen LogP contribution in [0.1, 0.15) is 17.2 Å². The molecule has 0 aromatic heterocycles. The zero-order valence-electron chi connectivity index (χ0n) is 11.7. The minimum absolute atomic E-state index is 0.0444. The van der Waals surface area contributed by atoms with Gasteiger partial charge in [-0.25, -0.2) is 5.43 Å². The molecule has 0 radical (unpaired) electrons. The van der Waals surface area contributed by atoms with E-state index in [1.807, 2.05) is 0 Å². The van der Waals surface area contributed by atoms with E-state index >= 15 is 0 Å². The summed E-state index contributed by atoms with van der Waals surface area (Å²) in [6.07, 6.45) is -0.441. The van der Waals surface area contributed by atoms with Crippen molar-refractivity contribution >= 4 is 17.8 Å². The molecule has 2 rings (SSSR count). The van der Waals surface area contributed by atoms with Gasteiger partial charge in [0.25, 0.3) is 11.6 Å². The molecule has 0 saturated carbocycles. The molecule has 1 atom stereocenters. The highest BCUT2D eigenvalue weighted by Gasteiger charge is 2.16. The van der Waals surface area contributed by atoms with Crippen molar-refractivity contribution in [2.75, 3.05) is 0 Å². The van der Waals surface area contributed by atoms with Crippen LogP contribution in [-0.4, -0.2) is 22.2 Å². The monoisotopic (exact) mass is 314 g/mol. The summed E-state index contributed by atoms with van der Waals surface area (Å²) in [7, 11) is 0. The lowest BCUT2D eigenvalue weighted by Gasteiger charge is -2.09. The Morgan fingerprint density at radius 1 is 1.26 bits per heavy atom. The Hall–Kier alpha value is -3.26. The first-order valence-corrected chi connectivity index (χ1v) is 6.50. The van der Waals surface area contributed by atoms with Gasteiger partial charge < -0.3 is 10.2 Å². The van der Waals surface area contributed by atoms with Gasteiger partial charge in [-0.3, -0.25) is 14.9 Å². The van der Waals surface area contributed by atoms with Crippen molar-refractivity contribution in [3.63, 3.8) is 0 Å². The van der Waals surface area contributed by atoms with E-state index in [-0.39, 0.29) is 11.3 Å². The van der Waals surface area contributed by atoms with Crippen molar-refractivity contribution in [2.24, 2.45) is 5.10 Å². The van der Waals surface area contributed by atoms with E-state index in [1.54, 1.807) is 30.3 Å². The minimum Gasteiger partial charge on any atom is -0.872 e. The zero-order valence-corrected chi connectivity index (χ0v) is 11.7. The summed E-state index contributed by atoms with van der Waals surface area (Å²) in [5.41, 5.74) is 2.09. The third-order valence-corrected chi connectivity index (χ3v) is 2.94. The van der Waals surface area contributed by atoms with E-state index in [0.717, 1.165) is 24.4 Å². The number of hydrazone groups is 1. The number of aliphatic hydroxyl groups is 1. The number of nitrogens with one attached hydrogen (secondary N) is 1. The smallest absolute Gasteiger partial charge is 0.278 e. The molecule has 23 heavy (non-hydrogen) atoms. The summed E-state index contributed by atoms with van der Waals surface area (Å²) in [5.74, 6) is -1.22. The second-order valence-corrected chi connectivity index (χ2v) is 4.53. The summed E-state index contributed by atoms with van der Waals surface area (Å²) >= 11 is 0.